The number of carbonyl (C=O) groups is 1. The van der Waals surface area contributed by atoms with Crippen molar-refractivity contribution in [1.29, 1.82) is 0 Å². The summed E-state index contributed by atoms with van der Waals surface area (Å²) in [5.74, 6) is -0.783. The van der Waals surface area contributed by atoms with E-state index in [1.165, 1.54) is 5.54 Å². The second kappa shape index (κ2) is 5.95. The van der Waals surface area contributed by atoms with Crippen molar-refractivity contribution in [3.05, 3.63) is 52.5 Å². The van der Waals surface area contributed by atoms with E-state index in [4.69, 9.17) is 27.9 Å². The lowest BCUT2D eigenvalue weighted by Gasteiger charge is -2.10. The molecule has 0 radical (unpaired) electrons. The van der Waals surface area contributed by atoms with Gasteiger partial charge in [0, 0.05) is 5.54 Å². The minimum atomic E-state index is -1.05. The van der Waals surface area contributed by atoms with Crippen molar-refractivity contribution in [3.63, 3.8) is 0 Å². The second-order valence-corrected chi connectivity index (χ2v) is 4.55. The summed E-state index contributed by atoms with van der Waals surface area (Å²) in [4.78, 5) is 11.2. The van der Waals surface area contributed by atoms with E-state index >= 15 is 0 Å². The molecule has 0 aliphatic carbocycles. The Labute approximate surface area is 120 Å². The van der Waals surface area contributed by atoms with Gasteiger partial charge in [-0.05, 0) is 22.9 Å². The van der Waals surface area contributed by atoms with Crippen LogP contribution in [-0.2, 0) is 0 Å². The van der Waals surface area contributed by atoms with Crippen LogP contribution in [0.5, 0.6) is 5.75 Å². The first-order valence-electron chi connectivity index (χ1n) is 5.45. The molecule has 0 spiro atoms. The van der Waals surface area contributed by atoms with E-state index < -0.39 is 5.97 Å². The van der Waals surface area contributed by atoms with Gasteiger partial charge >= 0.3 is 5.97 Å². The average molecular weight is 297 g/mol. The molecule has 0 saturated heterocycles. The first-order valence-corrected chi connectivity index (χ1v) is 6.27. The Morgan fingerprint density at radius 1 is 1.26 bits per heavy atom. The highest BCUT2D eigenvalue weighted by Gasteiger charge is 2.13. The zero-order chi connectivity index (χ0) is 13.8. The van der Waals surface area contributed by atoms with Crippen LogP contribution in [0.3, 0.4) is 0 Å². The zero-order valence-corrected chi connectivity index (χ0v) is 11.3. The summed E-state index contributed by atoms with van der Waals surface area (Å²) in [6.07, 6.45) is 0. The number of ether oxygens (including phenoxy) is 1. The van der Waals surface area contributed by atoms with E-state index in [0.29, 0.717) is 5.03 Å². The molecule has 2 rings (SSSR count). The summed E-state index contributed by atoms with van der Waals surface area (Å²) in [6.45, 7) is 0.0314. The van der Waals surface area contributed by atoms with Crippen LogP contribution >= 0.6 is 23.2 Å². The Morgan fingerprint density at radius 2 is 1.89 bits per heavy atom. The summed E-state index contributed by atoms with van der Waals surface area (Å²) >= 11 is 11.1. The summed E-state index contributed by atoms with van der Waals surface area (Å²) in [5, 5.41) is 11.2. The van der Waals surface area contributed by atoms with Crippen LogP contribution in [0.4, 0.5) is 0 Å². The van der Waals surface area contributed by atoms with Gasteiger partial charge < -0.3 is 9.84 Å². The zero-order valence-electron chi connectivity index (χ0n) is 9.77. The van der Waals surface area contributed by atoms with E-state index in [2.05, 4.69) is 0 Å². The monoisotopic (exact) mass is 296 g/mol. The van der Waals surface area contributed by atoms with Crippen LogP contribution in [0.25, 0.3) is 10.8 Å². The minimum Gasteiger partial charge on any atom is -0.487 e. The molecule has 0 bridgehead atoms. The lowest BCUT2D eigenvalue weighted by molar-refractivity contribution is 0.0693. The van der Waals surface area contributed by atoms with E-state index in [1.54, 1.807) is 12.1 Å². The lowest BCUT2D eigenvalue weighted by Crippen LogP contribution is -2.04. The number of carboxylic acid groups (broad SMARTS) is 1. The molecule has 0 saturated carbocycles. The highest BCUT2D eigenvalue weighted by atomic mass is 35.5. The summed E-state index contributed by atoms with van der Waals surface area (Å²) < 4.78 is 5.39. The van der Waals surface area contributed by atoms with Crippen LogP contribution in [0, 0.1) is 0 Å². The molecule has 2 aromatic carbocycles. The first kappa shape index (κ1) is 13.7. The van der Waals surface area contributed by atoms with Crippen molar-refractivity contribution in [2.75, 3.05) is 6.61 Å². The molecule has 0 fully saturated rings. The standard InChI is InChI=1S/C14H10Cl2O3/c15-7-11(16)8-19-13-6-10-4-2-1-3-9(10)5-12(13)14(17)18/h1-7H,8H2,(H,17,18). The Hall–Kier alpha value is -1.71. The maximum absolute atomic E-state index is 11.2. The van der Waals surface area contributed by atoms with Crippen LogP contribution in [0.15, 0.2) is 47.0 Å². The molecular weight excluding hydrogens is 287 g/mol. The molecule has 0 amide bonds. The predicted molar refractivity (Wildman–Crippen MR) is 76.2 cm³/mol. The van der Waals surface area contributed by atoms with Crippen molar-refractivity contribution < 1.29 is 14.6 Å². The average Bonchev–Trinajstić information content (AvgIpc) is 2.43. The van der Waals surface area contributed by atoms with Gasteiger partial charge in [0.05, 0.1) is 5.03 Å². The topological polar surface area (TPSA) is 46.5 Å². The van der Waals surface area contributed by atoms with Crippen molar-refractivity contribution in [1.82, 2.24) is 0 Å². The van der Waals surface area contributed by atoms with Crippen LogP contribution in [0.2, 0.25) is 0 Å². The van der Waals surface area contributed by atoms with Gasteiger partial charge in [0.25, 0.3) is 0 Å². The summed E-state index contributed by atoms with van der Waals surface area (Å²) in [5.41, 5.74) is 1.28. The largest absolute Gasteiger partial charge is 0.487 e. The molecular formula is C14H10Cl2O3. The van der Waals surface area contributed by atoms with E-state index in [0.717, 1.165) is 10.8 Å². The molecule has 0 atom stereocenters. The third kappa shape index (κ3) is 3.19. The molecule has 0 aromatic heterocycles. The second-order valence-electron chi connectivity index (χ2n) is 3.85. The van der Waals surface area contributed by atoms with Crippen LogP contribution in [-0.4, -0.2) is 17.7 Å². The number of rotatable bonds is 4. The summed E-state index contributed by atoms with van der Waals surface area (Å²) in [7, 11) is 0. The number of hydrogen-bond acceptors (Lipinski definition) is 2. The van der Waals surface area contributed by atoms with Crippen molar-refractivity contribution in [2.24, 2.45) is 0 Å². The van der Waals surface area contributed by atoms with Gasteiger partial charge in [0.1, 0.15) is 17.9 Å². The fourth-order valence-corrected chi connectivity index (χ4v) is 1.80. The van der Waals surface area contributed by atoms with Gasteiger partial charge in [-0.25, -0.2) is 4.79 Å². The van der Waals surface area contributed by atoms with Crippen LogP contribution < -0.4 is 4.74 Å². The Kier molecular flexibility index (Phi) is 4.30. The number of fused-ring (bicyclic) bond motifs is 1. The Morgan fingerprint density at radius 3 is 2.47 bits per heavy atom. The van der Waals surface area contributed by atoms with Gasteiger partial charge in [-0.1, -0.05) is 47.5 Å². The first-order chi connectivity index (χ1) is 9.11. The normalized spacial score (nSPS) is 11.6. The molecule has 98 valence electrons. The van der Waals surface area contributed by atoms with Gasteiger partial charge in [0.15, 0.2) is 0 Å². The van der Waals surface area contributed by atoms with Crippen molar-refractivity contribution in [3.8, 4) is 5.75 Å². The highest BCUT2D eigenvalue weighted by Crippen LogP contribution is 2.26. The van der Waals surface area contributed by atoms with Gasteiger partial charge in [0.2, 0.25) is 0 Å². The maximum atomic E-state index is 11.2. The van der Waals surface area contributed by atoms with E-state index in [-0.39, 0.29) is 17.9 Å². The van der Waals surface area contributed by atoms with E-state index in [1.807, 2.05) is 24.3 Å². The maximum Gasteiger partial charge on any atom is 0.339 e. The molecule has 0 aliphatic rings. The third-order valence-corrected chi connectivity index (χ3v) is 3.16. The Bertz CT molecular complexity index is 650. The molecule has 0 heterocycles. The van der Waals surface area contributed by atoms with E-state index in [9.17, 15) is 9.90 Å². The lowest BCUT2D eigenvalue weighted by atomic mass is 10.1. The van der Waals surface area contributed by atoms with Crippen molar-refractivity contribution >= 4 is 39.9 Å². The van der Waals surface area contributed by atoms with Gasteiger partial charge in [-0.15, -0.1) is 0 Å². The molecule has 5 heteroatoms. The summed E-state index contributed by atoms with van der Waals surface area (Å²) in [6, 6.07) is 10.7. The van der Waals surface area contributed by atoms with Gasteiger partial charge in [-0.3, -0.25) is 0 Å². The van der Waals surface area contributed by atoms with Crippen molar-refractivity contribution in [2.45, 2.75) is 0 Å². The fourth-order valence-electron chi connectivity index (χ4n) is 1.68. The molecule has 0 unspecified atom stereocenters. The number of aromatic carboxylic acids is 1. The molecule has 3 nitrogen and oxygen atoms in total. The number of benzene rings is 2. The minimum absolute atomic E-state index is 0.0314. The predicted octanol–water partition coefficient (Wildman–Crippen LogP) is 4.24. The molecule has 2 aromatic rings. The SMILES string of the molecule is O=C(O)c1cc2ccccc2cc1OCC(Cl)=CCl. The van der Waals surface area contributed by atoms with Crippen LogP contribution in [0.1, 0.15) is 10.4 Å². The highest BCUT2D eigenvalue weighted by molar-refractivity contribution is 6.36. The number of carboxylic acids is 1. The number of halogens is 2. The fraction of sp³-hybridized carbons (Fsp3) is 0.0714. The van der Waals surface area contributed by atoms with Gasteiger partial charge in [-0.2, -0.15) is 0 Å². The molecule has 19 heavy (non-hydrogen) atoms. The molecule has 0 aliphatic heterocycles. The molecule has 1 N–H and O–H groups in total. The third-order valence-electron chi connectivity index (χ3n) is 2.56. The number of hydrogen-bond donors (Lipinski definition) is 1. The smallest absolute Gasteiger partial charge is 0.339 e. The quantitative estimate of drug-likeness (QED) is 0.918. The Balaban J connectivity index is 2.44.